The first-order valence-corrected chi connectivity index (χ1v) is 7.53. The summed E-state index contributed by atoms with van der Waals surface area (Å²) in [6.07, 6.45) is 0.881. The van der Waals surface area contributed by atoms with Crippen LogP contribution in [0.1, 0.15) is 6.42 Å². The van der Waals surface area contributed by atoms with Gasteiger partial charge in [0.15, 0.2) is 0 Å². The molecule has 0 aliphatic carbocycles. The summed E-state index contributed by atoms with van der Waals surface area (Å²) >= 11 is 0. The molecule has 0 fully saturated rings. The van der Waals surface area contributed by atoms with Gasteiger partial charge in [-0.15, -0.1) is 0 Å². The molecule has 0 aliphatic heterocycles. The van der Waals surface area contributed by atoms with E-state index in [9.17, 15) is 4.57 Å². The van der Waals surface area contributed by atoms with Crippen molar-refractivity contribution in [2.45, 2.75) is 6.42 Å². The zero-order chi connectivity index (χ0) is 13.0. The zero-order valence-electron chi connectivity index (χ0n) is 10.8. The molecule has 0 rings (SSSR count). The maximum Gasteiger partial charge on any atom is 0.327 e. The van der Waals surface area contributed by atoms with Gasteiger partial charge in [-0.2, -0.15) is 0 Å². The first-order chi connectivity index (χ1) is 8.12. The molecule has 0 saturated heterocycles. The van der Waals surface area contributed by atoms with Gasteiger partial charge in [0.1, 0.15) is 0 Å². The first kappa shape index (κ1) is 17.0. The number of hydrogen-bond acceptors (Lipinski definition) is 6. The van der Waals surface area contributed by atoms with E-state index in [1.807, 2.05) is 0 Å². The Morgan fingerprint density at radius 1 is 0.882 bits per heavy atom. The van der Waals surface area contributed by atoms with Crippen molar-refractivity contribution in [3.63, 3.8) is 0 Å². The lowest BCUT2D eigenvalue weighted by Crippen LogP contribution is -2.10. The molecule has 0 aromatic rings. The minimum Gasteiger partial charge on any atom is -0.385 e. The summed E-state index contributed by atoms with van der Waals surface area (Å²) in [5.41, 5.74) is 0. The molecule has 0 amide bonds. The van der Waals surface area contributed by atoms with Crippen LogP contribution in [-0.4, -0.2) is 60.5 Å². The molecule has 0 aromatic heterocycles. The first-order valence-electron chi connectivity index (χ1n) is 5.54. The zero-order valence-corrected chi connectivity index (χ0v) is 11.7. The molecule has 0 saturated carbocycles. The summed E-state index contributed by atoms with van der Waals surface area (Å²) < 4.78 is 36.3. The predicted octanol–water partition coefficient (Wildman–Crippen LogP) is 1.54. The molecule has 0 heterocycles. The second-order valence-corrected chi connectivity index (χ2v) is 5.52. The Morgan fingerprint density at radius 3 is 2.06 bits per heavy atom. The van der Waals surface area contributed by atoms with Gasteiger partial charge in [0, 0.05) is 34.1 Å². The van der Waals surface area contributed by atoms with Crippen LogP contribution < -0.4 is 0 Å². The third-order valence-corrected chi connectivity index (χ3v) is 3.21. The normalized spacial score (nSPS) is 14.8. The number of rotatable bonds is 12. The van der Waals surface area contributed by atoms with Gasteiger partial charge < -0.3 is 23.3 Å². The molecule has 0 radical (unpaired) electrons. The molecule has 0 aromatic carbocycles. The van der Waals surface area contributed by atoms with Crippen molar-refractivity contribution >= 4 is 7.60 Å². The van der Waals surface area contributed by atoms with E-state index in [-0.39, 0.29) is 6.61 Å². The minimum absolute atomic E-state index is 0.255. The smallest absolute Gasteiger partial charge is 0.327 e. The van der Waals surface area contributed by atoms with E-state index in [0.717, 1.165) is 6.42 Å². The Labute approximate surface area is 103 Å². The van der Waals surface area contributed by atoms with Gasteiger partial charge in [0.2, 0.25) is 0 Å². The molecular formula is C10H23O6P. The average Bonchev–Trinajstić information content (AvgIpc) is 2.31. The van der Waals surface area contributed by atoms with Gasteiger partial charge in [0.25, 0.3) is 0 Å². The predicted molar refractivity (Wildman–Crippen MR) is 64.6 cm³/mol. The fourth-order valence-electron chi connectivity index (χ4n) is 0.942. The van der Waals surface area contributed by atoms with Crippen molar-refractivity contribution in [3.05, 3.63) is 0 Å². The summed E-state index contributed by atoms with van der Waals surface area (Å²) in [6, 6.07) is 0. The van der Waals surface area contributed by atoms with Crippen LogP contribution in [0, 0.1) is 0 Å². The van der Waals surface area contributed by atoms with Crippen LogP contribution in [0.2, 0.25) is 0 Å². The van der Waals surface area contributed by atoms with E-state index in [4.69, 9.17) is 18.7 Å². The lowest BCUT2D eigenvalue weighted by Gasteiger charge is -2.11. The van der Waals surface area contributed by atoms with E-state index in [1.54, 1.807) is 7.11 Å². The van der Waals surface area contributed by atoms with Crippen molar-refractivity contribution in [1.82, 2.24) is 0 Å². The Hall–Kier alpha value is 0.0300. The molecule has 0 N–H and O–H groups in total. The minimum atomic E-state index is -2.87. The Bertz CT molecular complexity index is 211. The van der Waals surface area contributed by atoms with Crippen molar-refractivity contribution < 1.29 is 27.8 Å². The van der Waals surface area contributed by atoms with Crippen LogP contribution in [0.4, 0.5) is 0 Å². The standard InChI is InChI=1S/C10H23O6P/c1-12-5-4-6-14-7-8-15-9-10-16-17(3,11)13-2/h4-10H2,1-3H3. The fourth-order valence-corrected chi connectivity index (χ4v) is 1.45. The van der Waals surface area contributed by atoms with Crippen LogP contribution in [-0.2, 0) is 27.8 Å². The molecule has 104 valence electrons. The third kappa shape index (κ3) is 12.3. The summed E-state index contributed by atoms with van der Waals surface area (Å²) in [5.74, 6) is 0. The quantitative estimate of drug-likeness (QED) is 0.396. The number of ether oxygens (including phenoxy) is 3. The third-order valence-electron chi connectivity index (χ3n) is 1.89. The topological polar surface area (TPSA) is 63.2 Å². The van der Waals surface area contributed by atoms with Gasteiger partial charge in [-0.1, -0.05) is 0 Å². The number of methoxy groups -OCH3 is 1. The highest BCUT2D eigenvalue weighted by molar-refractivity contribution is 7.52. The second kappa shape index (κ2) is 11.1. The van der Waals surface area contributed by atoms with Crippen LogP contribution in [0.25, 0.3) is 0 Å². The summed E-state index contributed by atoms with van der Waals surface area (Å²) in [6.45, 7) is 4.47. The Kier molecular flexibility index (Phi) is 11.2. The van der Waals surface area contributed by atoms with Crippen molar-refractivity contribution in [2.24, 2.45) is 0 Å². The second-order valence-electron chi connectivity index (χ2n) is 3.36. The van der Waals surface area contributed by atoms with Crippen LogP contribution >= 0.6 is 7.60 Å². The summed E-state index contributed by atoms with van der Waals surface area (Å²) in [7, 11) is 0.146. The highest BCUT2D eigenvalue weighted by atomic mass is 31.2. The van der Waals surface area contributed by atoms with Gasteiger partial charge in [0.05, 0.1) is 26.4 Å². The lowest BCUT2D eigenvalue weighted by atomic mass is 10.5. The number of hydrogen-bond donors (Lipinski definition) is 0. The average molecular weight is 270 g/mol. The van der Waals surface area contributed by atoms with Crippen molar-refractivity contribution in [3.8, 4) is 0 Å². The molecule has 0 bridgehead atoms. The molecule has 17 heavy (non-hydrogen) atoms. The summed E-state index contributed by atoms with van der Waals surface area (Å²) in [5, 5.41) is 0. The lowest BCUT2D eigenvalue weighted by molar-refractivity contribution is 0.0290. The van der Waals surface area contributed by atoms with Gasteiger partial charge in [-0.05, 0) is 6.42 Å². The Balaban J connectivity index is 3.11. The van der Waals surface area contributed by atoms with E-state index >= 15 is 0 Å². The van der Waals surface area contributed by atoms with E-state index < -0.39 is 7.60 Å². The molecule has 0 spiro atoms. The van der Waals surface area contributed by atoms with Crippen LogP contribution in [0.15, 0.2) is 0 Å². The monoisotopic (exact) mass is 270 g/mol. The maximum atomic E-state index is 11.3. The van der Waals surface area contributed by atoms with Crippen molar-refractivity contribution in [1.29, 1.82) is 0 Å². The molecule has 1 atom stereocenters. The largest absolute Gasteiger partial charge is 0.385 e. The molecule has 6 nitrogen and oxygen atoms in total. The highest BCUT2D eigenvalue weighted by Crippen LogP contribution is 2.42. The highest BCUT2D eigenvalue weighted by Gasteiger charge is 2.13. The SMILES string of the molecule is COCCCOCCOCCOP(C)(=O)OC. The van der Waals surface area contributed by atoms with E-state index in [0.29, 0.717) is 33.0 Å². The molecule has 0 aliphatic rings. The maximum absolute atomic E-state index is 11.3. The molecule has 1 unspecified atom stereocenters. The Morgan fingerprint density at radius 2 is 1.47 bits per heavy atom. The van der Waals surface area contributed by atoms with Gasteiger partial charge in [-0.25, -0.2) is 0 Å². The van der Waals surface area contributed by atoms with Gasteiger partial charge in [-0.3, -0.25) is 4.57 Å². The van der Waals surface area contributed by atoms with Crippen LogP contribution in [0.3, 0.4) is 0 Å². The van der Waals surface area contributed by atoms with Gasteiger partial charge >= 0.3 is 7.60 Å². The summed E-state index contributed by atoms with van der Waals surface area (Å²) in [4.78, 5) is 0. The molecular weight excluding hydrogens is 247 g/mol. The molecule has 7 heteroatoms. The van der Waals surface area contributed by atoms with E-state index in [2.05, 4.69) is 4.52 Å². The fraction of sp³-hybridized carbons (Fsp3) is 1.00. The van der Waals surface area contributed by atoms with E-state index in [1.165, 1.54) is 13.8 Å². The van der Waals surface area contributed by atoms with Crippen molar-refractivity contribution in [2.75, 3.05) is 60.5 Å². The van der Waals surface area contributed by atoms with Crippen LogP contribution in [0.5, 0.6) is 0 Å².